The number of anilines is 2. The van der Waals surface area contributed by atoms with E-state index in [4.69, 9.17) is 22.1 Å². The van der Waals surface area contributed by atoms with E-state index in [9.17, 15) is 15.3 Å². The average molecular weight is 434 g/mol. The van der Waals surface area contributed by atoms with Gasteiger partial charge in [0.1, 0.15) is 34.5 Å². The molecular weight excluding hydrogens is 410 g/mol. The molecule has 0 amide bonds. The van der Waals surface area contributed by atoms with Crippen LogP contribution in [0.1, 0.15) is 47.9 Å². The number of nitrogens with zero attached hydrogens (tertiary/aromatic N) is 3. The summed E-state index contributed by atoms with van der Waals surface area (Å²) in [5.41, 5.74) is 7.62. The van der Waals surface area contributed by atoms with E-state index in [0.29, 0.717) is 17.8 Å². The van der Waals surface area contributed by atoms with Crippen LogP contribution >= 0.6 is 11.6 Å². The minimum Gasteiger partial charge on any atom is -0.483 e. The summed E-state index contributed by atoms with van der Waals surface area (Å²) in [5, 5.41) is 34.1. The van der Waals surface area contributed by atoms with E-state index in [-0.39, 0.29) is 22.9 Å². The number of aromatic nitrogens is 3. The van der Waals surface area contributed by atoms with Crippen LogP contribution in [0.4, 0.5) is 11.8 Å². The zero-order valence-electron chi connectivity index (χ0n) is 16.8. The molecule has 5 rings (SSSR count). The SMILES string of the molecule is Cc1cc2c(c(C)n1)OC(c1c(Cl)nc(N)nc1NC1CC3C(O)C3(O)C1O)C2C. The molecule has 30 heavy (non-hydrogen) atoms. The number of pyridine rings is 1. The van der Waals surface area contributed by atoms with Crippen LogP contribution < -0.4 is 15.8 Å². The van der Waals surface area contributed by atoms with Gasteiger partial charge in [-0.05, 0) is 26.3 Å². The number of hydrogen-bond acceptors (Lipinski definition) is 9. The summed E-state index contributed by atoms with van der Waals surface area (Å²) in [5.74, 6) is 0.642. The number of halogens is 1. The summed E-state index contributed by atoms with van der Waals surface area (Å²) in [6, 6.07) is 1.48. The third kappa shape index (κ3) is 2.62. The topological polar surface area (TPSA) is 147 Å². The summed E-state index contributed by atoms with van der Waals surface area (Å²) < 4.78 is 6.25. The Kier molecular flexibility index (Phi) is 4.21. The quantitative estimate of drug-likeness (QED) is 0.451. The lowest BCUT2D eigenvalue weighted by Crippen LogP contribution is -2.42. The van der Waals surface area contributed by atoms with Gasteiger partial charge >= 0.3 is 0 Å². The normalized spacial score (nSPS) is 36.2. The van der Waals surface area contributed by atoms with Gasteiger partial charge in [-0.15, -0.1) is 0 Å². The third-order valence-electron chi connectivity index (χ3n) is 6.71. The predicted octanol–water partition coefficient (Wildman–Crippen LogP) is 1.23. The average Bonchev–Trinajstić information content (AvgIpc) is 2.91. The predicted molar refractivity (Wildman–Crippen MR) is 109 cm³/mol. The number of aryl methyl sites for hydroxylation is 2. The van der Waals surface area contributed by atoms with E-state index in [0.717, 1.165) is 22.7 Å². The fourth-order valence-corrected chi connectivity index (χ4v) is 5.34. The number of ether oxygens (including phenoxy) is 1. The van der Waals surface area contributed by atoms with Crippen LogP contribution in [0.15, 0.2) is 6.07 Å². The third-order valence-corrected chi connectivity index (χ3v) is 7.00. The van der Waals surface area contributed by atoms with Crippen LogP contribution in [-0.4, -0.2) is 54.1 Å². The Morgan fingerprint density at radius 1 is 1.23 bits per heavy atom. The molecule has 2 aromatic rings. The Balaban J connectivity index is 1.50. The number of hydrogen-bond donors (Lipinski definition) is 5. The number of nitrogen functional groups attached to an aromatic ring is 1. The zero-order valence-corrected chi connectivity index (χ0v) is 17.6. The Morgan fingerprint density at radius 2 is 1.97 bits per heavy atom. The second-order valence-corrected chi connectivity index (χ2v) is 8.96. The van der Waals surface area contributed by atoms with Crippen LogP contribution in [0.3, 0.4) is 0 Å². The van der Waals surface area contributed by atoms with Crippen molar-refractivity contribution < 1.29 is 20.1 Å². The minimum atomic E-state index is -1.48. The molecule has 2 fully saturated rings. The summed E-state index contributed by atoms with van der Waals surface area (Å²) >= 11 is 6.49. The maximum atomic E-state index is 10.5. The first kappa shape index (κ1) is 19.7. The molecule has 2 saturated carbocycles. The zero-order chi connectivity index (χ0) is 21.5. The maximum Gasteiger partial charge on any atom is 0.223 e. The minimum absolute atomic E-state index is 0.0144. The van der Waals surface area contributed by atoms with Crippen molar-refractivity contribution >= 4 is 23.4 Å². The summed E-state index contributed by atoms with van der Waals surface area (Å²) in [7, 11) is 0. The van der Waals surface area contributed by atoms with E-state index in [1.807, 2.05) is 26.8 Å². The molecule has 7 atom stereocenters. The molecule has 0 aromatic carbocycles. The van der Waals surface area contributed by atoms with Gasteiger partial charge in [-0.2, -0.15) is 4.98 Å². The van der Waals surface area contributed by atoms with Crippen molar-refractivity contribution in [2.75, 3.05) is 11.1 Å². The van der Waals surface area contributed by atoms with Gasteiger partial charge in [-0.3, -0.25) is 4.98 Å². The van der Waals surface area contributed by atoms with Crippen molar-refractivity contribution in [3.63, 3.8) is 0 Å². The molecule has 9 nitrogen and oxygen atoms in total. The number of nitrogens with two attached hydrogens (primary N) is 1. The molecule has 10 heteroatoms. The first-order chi connectivity index (χ1) is 14.1. The Hall–Kier alpha value is -2.20. The van der Waals surface area contributed by atoms with Crippen molar-refractivity contribution in [1.82, 2.24) is 15.0 Å². The molecule has 7 unspecified atom stereocenters. The molecule has 0 saturated heterocycles. The lowest BCUT2D eigenvalue weighted by atomic mass is 9.93. The number of aliphatic hydroxyl groups is 3. The molecule has 2 aliphatic carbocycles. The molecule has 6 N–H and O–H groups in total. The lowest BCUT2D eigenvalue weighted by molar-refractivity contribution is -0.0262. The van der Waals surface area contributed by atoms with Crippen LogP contribution in [0.25, 0.3) is 0 Å². The largest absolute Gasteiger partial charge is 0.483 e. The first-order valence-corrected chi connectivity index (χ1v) is 10.3. The monoisotopic (exact) mass is 433 g/mol. The lowest BCUT2D eigenvalue weighted by Gasteiger charge is -2.26. The van der Waals surface area contributed by atoms with E-state index in [1.165, 1.54) is 0 Å². The maximum absolute atomic E-state index is 10.5. The summed E-state index contributed by atoms with van der Waals surface area (Å²) in [6.07, 6.45) is -2.13. The van der Waals surface area contributed by atoms with Crippen molar-refractivity contribution in [1.29, 1.82) is 0 Å². The molecule has 160 valence electrons. The summed E-state index contributed by atoms with van der Waals surface area (Å²) in [6.45, 7) is 5.87. The van der Waals surface area contributed by atoms with Gasteiger partial charge in [0.15, 0.2) is 0 Å². The van der Waals surface area contributed by atoms with Gasteiger partial charge < -0.3 is 31.1 Å². The van der Waals surface area contributed by atoms with E-state index in [1.54, 1.807) is 0 Å². The molecule has 0 spiro atoms. The highest BCUT2D eigenvalue weighted by atomic mass is 35.5. The first-order valence-electron chi connectivity index (χ1n) is 9.95. The highest BCUT2D eigenvalue weighted by molar-refractivity contribution is 6.30. The van der Waals surface area contributed by atoms with Gasteiger partial charge in [-0.1, -0.05) is 18.5 Å². The highest BCUT2D eigenvalue weighted by Crippen LogP contribution is 2.57. The van der Waals surface area contributed by atoms with Crippen molar-refractivity contribution in [3.05, 3.63) is 33.7 Å². The Morgan fingerprint density at radius 3 is 2.63 bits per heavy atom. The smallest absolute Gasteiger partial charge is 0.223 e. The standard InChI is InChI=1S/C20H24ClN5O4/c1-6-4-9-7(2)13(30-14(9)8(3)23-6)12-17(21)25-19(22)26-18(12)24-11-5-10-15(27)20(10,29)16(11)28/h4,7,10-11,13,15-16,27-29H,5H2,1-3H3,(H3,22,24,25,26). The van der Waals surface area contributed by atoms with Crippen LogP contribution in [-0.2, 0) is 0 Å². The van der Waals surface area contributed by atoms with Crippen molar-refractivity contribution in [2.24, 2.45) is 5.92 Å². The second-order valence-electron chi connectivity index (χ2n) is 8.60. The fourth-order valence-electron chi connectivity index (χ4n) is 5.06. The number of rotatable bonds is 3. The molecule has 2 aromatic heterocycles. The van der Waals surface area contributed by atoms with Crippen LogP contribution in [0, 0.1) is 19.8 Å². The molecule has 3 heterocycles. The van der Waals surface area contributed by atoms with Gasteiger partial charge in [0.25, 0.3) is 0 Å². The van der Waals surface area contributed by atoms with Crippen LogP contribution in [0.2, 0.25) is 5.15 Å². The van der Waals surface area contributed by atoms with Crippen molar-refractivity contribution in [2.45, 2.75) is 63.1 Å². The van der Waals surface area contributed by atoms with Crippen molar-refractivity contribution in [3.8, 4) is 5.75 Å². The molecular formula is C20H24ClN5O4. The molecule has 0 radical (unpaired) electrons. The van der Waals surface area contributed by atoms with Gasteiger partial charge in [-0.25, -0.2) is 4.98 Å². The van der Waals surface area contributed by atoms with E-state index >= 15 is 0 Å². The fraction of sp³-hybridized carbons (Fsp3) is 0.550. The van der Waals surface area contributed by atoms with E-state index < -0.39 is 30.0 Å². The van der Waals surface area contributed by atoms with E-state index in [2.05, 4.69) is 20.3 Å². The Bertz CT molecular complexity index is 1050. The Labute approximate surface area is 178 Å². The van der Waals surface area contributed by atoms with Gasteiger partial charge in [0.2, 0.25) is 5.95 Å². The summed E-state index contributed by atoms with van der Waals surface area (Å²) in [4.78, 5) is 12.9. The van der Waals surface area contributed by atoms with Gasteiger partial charge in [0, 0.05) is 23.1 Å². The number of aliphatic hydroxyl groups excluding tert-OH is 2. The number of fused-ring (bicyclic) bond motifs is 2. The molecule has 3 aliphatic rings. The van der Waals surface area contributed by atoms with Crippen LogP contribution in [0.5, 0.6) is 5.75 Å². The van der Waals surface area contributed by atoms with Gasteiger partial charge in [0.05, 0.1) is 23.4 Å². The molecule has 0 bridgehead atoms. The highest BCUT2D eigenvalue weighted by Gasteiger charge is 2.74. The molecule has 1 aliphatic heterocycles. The second kappa shape index (κ2) is 6.40. The number of nitrogens with one attached hydrogen (secondary N) is 1.